The molecule has 2 rings (SSSR count). The lowest BCUT2D eigenvalue weighted by Gasteiger charge is -2.12. The van der Waals surface area contributed by atoms with Crippen molar-refractivity contribution in [1.82, 2.24) is 9.71 Å². The maximum atomic E-state index is 13.4. The first-order valence-electron chi connectivity index (χ1n) is 5.28. The van der Waals surface area contributed by atoms with Crippen LogP contribution in [0.2, 0.25) is 4.34 Å². The summed E-state index contributed by atoms with van der Waals surface area (Å²) < 4.78 is 40.4. The molecule has 19 heavy (non-hydrogen) atoms. The van der Waals surface area contributed by atoms with Gasteiger partial charge in [0.2, 0.25) is 5.03 Å². The van der Waals surface area contributed by atoms with Gasteiger partial charge in [0.1, 0.15) is 0 Å². The molecule has 0 aromatic carbocycles. The van der Waals surface area contributed by atoms with Gasteiger partial charge in [-0.1, -0.05) is 11.6 Å². The summed E-state index contributed by atoms with van der Waals surface area (Å²) in [5.74, 6) is -0.883. The van der Waals surface area contributed by atoms with E-state index in [1.165, 1.54) is 23.6 Å². The van der Waals surface area contributed by atoms with Crippen LogP contribution in [0.25, 0.3) is 0 Å². The third-order valence-corrected chi connectivity index (χ3v) is 5.22. The molecule has 2 heterocycles. The third-order valence-electron chi connectivity index (χ3n) is 2.33. The highest BCUT2D eigenvalue weighted by molar-refractivity contribution is 7.89. The van der Waals surface area contributed by atoms with Gasteiger partial charge in [0.15, 0.2) is 5.82 Å². The second kappa shape index (κ2) is 5.54. The molecule has 0 saturated carbocycles. The molecule has 2 aromatic rings. The third kappa shape index (κ3) is 3.30. The summed E-state index contributed by atoms with van der Waals surface area (Å²) in [6, 6.07) is 5.26. The fraction of sp³-hybridized carbons (Fsp3) is 0.182. The van der Waals surface area contributed by atoms with Gasteiger partial charge in [-0.25, -0.2) is 22.5 Å². The lowest BCUT2D eigenvalue weighted by Crippen LogP contribution is -2.28. The molecular weight excluding hydrogens is 311 g/mol. The fourth-order valence-corrected chi connectivity index (χ4v) is 3.84. The van der Waals surface area contributed by atoms with Gasteiger partial charge in [-0.05, 0) is 31.2 Å². The lowest BCUT2D eigenvalue weighted by molar-refractivity contribution is 0.537. The summed E-state index contributed by atoms with van der Waals surface area (Å²) in [6.45, 7) is 1.65. The van der Waals surface area contributed by atoms with Crippen LogP contribution >= 0.6 is 22.9 Å². The van der Waals surface area contributed by atoms with Gasteiger partial charge < -0.3 is 0 Å². The van der Waals surface area contributed by atoms with Crippen LogP contribution in [0, 0.1) is 5.82 Å². The Kier molecular flexibility index (Phi) is 4.19. The number of rotatable bonds is 4. The Morgan fingerprint density at radius 1 is 1.42 bits per heavy atom. The number of hydrogen-bond donors (Lipinski definition) is 1. The van der Waals surface area contributed by atoms with Gasteiger partial charge in [0.25, 0.3) is 10.0 Å². The molecule has 0 spiro atoms. The van der Waals surface area contributed by atoms with E-state index in [0.717, 1.165) is 10.9 Å². The summed E-state index contributed by atoms with van der Waals surface area (Å²) in [6.07, 6.45) is 1.23. The van der Waals surface area contributed by atoms with Crippen molar-refractivity contribution >= 4 is 33.0 Å². The highest BCUT2D eigenvalue weighted by atomic mass is 35.5. The molecule has 1 N–H and O–H groups in total. The number of nitrogens with zero attached hydrogens (tertiary/aromatic N) is 1. The number of aromatic nitrogens is 1. The largest absolute Gasteiger partial charge is 0.261 e. The monoisotopic (exact) mass is 320 g/mol. The highest BCUT2D eigenvalue weighted by Gasteiger charge is 2.23. The van der Waals surface area contributed by atoms with E-state index < -0.39 is 26.9 Å². The van der Waals surface area contributed by atoms with Crippen LogP contribution in [0.5, 0.6) is 0 Å². The van der Waals surface area contributed by atoms with Crippen LogP contribution in [0.3, 0.4) is 0 Å². The first kappa shape index (κ1) is 14.4. The van der Waals surface area contributed by atoms with Crippen molar-refractivity contribution in [2.45, 2.75) is 18.0 Å². The molecular formula is C11H10ClFN2O2S2. The summed E-state index contributed by atoms with van der Waals surface area (Å²) in [5, 5.41) is -0.607. The van der Waals surface area contributed by atoms with E-state index in [1.807, 2.05) is 0 Å². The quantitative estimate of drug-likeness (QED) is 0.942. The predicted octanol–water partition coefficient (Wildman–Crippen LogP) is 2.98. The normalized spacial score (nSPS) is 13.4. The molecule has 2 aromatic heterocycles. The van der Waals surface area contributed by atoms with Gasteiger partial charge in [-0.2, -0.15) is 0 Å². The van der Waals surface area contributed by atoms with E-state index in [1.54, 1.807) is 19.1 Å². The lowest BCUT2D eigenvalue weighted by atomic mass is 10.3. The molecule has 0 saturated heterocycles. The van der Waals surface area contributed by atoms with Crippen molar-refractivity contribution in [2.75, 3.05) is 0 Å². The Balaban J connectivity index is 2.25. The smallest absolute Gasteiger partial charge is 0.241 e. The minimum absolute atomic E-state index is 0.510. The zero-order valence-electron chi connectivity index (χ0n) is 9.80. The number of halogens is 2. The Labute approximate surface area is 119 Å². The number of pyridine rings is 1. The van der Waals surface area contributed by atoms with Gasteiger partial charge in [-0.3, -0.25) is 0 Å². The van der Waals surface area contributed by atoms with Gasteiger partial charge in [-0.15, -0.1) is 11.3 Å². The molecule has 0 amide bonds. The molecule has 102 valence electrons. The number of sulfonamides is 1. The van der Waals surface area contributed by atoms with Gasteiger partial charge in [0, 0.05) is 11.1 Å². The van der Waals surface area contributed by atoms with Crippen LogP contribution in [0.15, 0.2) is 35.5 Å². The number of thiophene rings is 1. The van der Waals surface area contributed by atoms with E-state index in [4.69, 9.17) is 11.6 Å². The molecule has 0 fully saturated rings. The minimum atomic E-state index is -4.00. The molecule has 0 bridgehead atoms. The van der Waals surface area contributed by atoms with Crippen LogP contribution in [0.4, 0.5) is 4.39 Å². The van der Waals surface area contributed by atoms with Crippen molar-refractivity contribution in [1.29, 1.82) is 0 Å². The van der Waals surface area contributed by atoms with Crippen LogP contribution in [-0.4, -0.2) is 13.4 Å². The zero-order chi connectivity index (χ0) is 14.0. The Hall–Kier alpha value is -1.02. The van der Waals surface area contributed by atoms with E-state index in [0.29, 0.717) is 4.34 Å². The molecule has 0 aliphatic rings. The van der Waals surface area contributed by atoms with Crippen LogP contribution < -0.4 is 4.72 Å². The van der Waals surface area contributed by atoms with E-state index in [-0.39, 0.29) is 0 Å². The molecule has 1 unspecified atom stereocenters. The average Bonchev–Trinajstić information content (AvgIpc) is 2.76. The molecule has 8 heteroatoms. The number of nitrogens with one attached hydrogen (secondary N) is 1. The second-order valence-electron chi connectivity index (χ2n) is 3.78. The molecule has 0 radical (unpaired) electrons. The van der Waals surface area contributed by atoms with E-state index in [9.17, 15) is 12.8 Å². The Morgan fingerprint density at radius 2 is 2.16 bits per heavy atom. The maximum Gasteiger partial charge on any atom is 0.261 e. The van der Waals surface area contributed by atoms with E-state index in [2.05, 4.69) is 9.71 Å². The molecule has 4 nitrogen and oxygen atoms in total. The van der Waals surface area contributed by atoms with Crippen molar-refractivity contribution < 1.29 is 12.8 Å². The first-order valence-corrected chi connectivity index (χ1v) is 7.96. The predicted molar refractivity (Wildman–Crippen MR) is 72.3 cm³/mol. The van der Waals surface area contributed by atoms with Crippen molar-refractivity contribution in [3.8, 4) is 0 Å². The first-order chi connectivity index (χ1) is 8.90. The van der Waals surface area contributed by atoms with Crippen molar-refractivity contribution in [3.05, 3.63) is 45.5 Å². The average molecular weight is 321 g/mol. The summed E-state index contributed by atoms with van der Waals surface area (Å²) in [7, 11) is -4.00. The molecule has 0 aliphatic carbocycles. The summed E-state index contributed by atoms with van der Waals surface area (Å²) in [4.78, 5) is 4.29. The highest BCUT2D eigenvalue weighted by Crippen LogP contribution is 2.27. The topological polar surface area (TPSA) is 59.1 Å². The Bertz CT molecular complexity index is 688. The summed E-state index contributed by atoms with van der Waals surface area (Å²) >= 11 is 7.05. The molecule has 1 atom stereocenters. The SMILES string of the molecule is CC(NS(=O)(=O)c1ncccc1F)c1ccc(Cl)s1. The van der Waals surface area contributed by atoms with E-state index >= 15 is 0 Å². The summed E-state index contributed by atoms with van der Waals surface area (Å²) in [5.41, 5.74) is 0. The van der Waals surface area contributed by atoms with Crippen molar-refractivity contribution in [2.24, 2.45) is 0 Å². The fourth-order valence-electron chi connectivity index (χ4n) is 1.48. The van der Waals surface area contributed by atoms with Gasteiger partial charge >= 0.3 is 0 Å². The van der Waals surface area contributed by atoms with Crippen molar-refractivity contribution in [3.63, 3.8) is 0 Å². The van der Waals surface area contributed by atoms with Crippen LogP contribution in [0.1, 0.15) is 17.8 Å². The zero-order valence-corrected chi connectivity index (χ0v) is 12.2. The minimum Gasteiger partial charge on any atom is -0.241 e. The Morgan fingerprint density at radius 3 is 2.74 bits per heavy atom. The van der Waals surface area contributed by atoms with Crippen LogP contribution in [-0.2, 0) is 10.0 Å². The standard InChI is InChI=1S/C11H10ClFN2O2S2/c1-7(9-4-5-10(12)18-9)15-19(16,17)11-8(13)3-2-6-14-11/h2-7,15H,1H3. The maximum absolute atomic E-state index is 13.4. The number of hydrogen-bond acceptors (Lipinski definition) is 4. The second-order valence-corrected chi connectivity index (χ2v) is 7.15. The van der Waals surface area contributed by atoms with Gasteiger partial charge in [0.05, 0.1) is 10.4 Å². The molecule has 0 aliphatic heterocycles.